The molecule has 0 atom stereocenters. The van der Waals surface area contributed by atoms with Crippen molar-refractivity contribution in [2.75, 3.05) is 0 Å². The van der Waals surface area contributed by atoms with Gasteiger partial charge in [-0.3, -0.25) is 9.59 Å². The molecule has 0 spiro atoms. The normalized spacial score (nSPS) is 13.5. The molecule has 0 fully saturated rings. The van der Waals surface area contributed by atoms with Crippen molar-refractivity contribution in [3.63, 3.8) is 0 Å². The van der Waals surface area contributed by atoms with E-state index < -0.39 is 16.1 Å². The summed E-state index contributed by atoms with van der Waals surface area (Å²) in [6.07, 6.45) is 0. The number of carbonyl (C=O) groups excluding carboxylic acids is 2. The molecule has 310 valence electrons. The Morgan fingerprint density at radius 2 is 0.597 bits per heavy atom. The fourth-order valence-corrected chi connectivity index (χ4v) is 22.7. The molecule has 2 aliphatic rings. The summed E-state index contributed by atoms with van der Waals surface area (Å²) in [6.45, 7) is 28.5. The van der Waals surface area contributed by atoms with E-state index in [9.17, 15) is 9.59 Å². The highest BCUT2D eigenvalue weighted by atomic mass is 28.3. The lowest BCUT2D eigenvalue weighted by Crippen LogP contribution is -2.43. The first kappa shape index (κ1) is 41.8. The zero-order valence-electron chi connectivity index (χ0n) is 38.5. The fraction of sp³-hybridized carbons (Fsp3) is 0.310. The van der Waals surface area contributed by atoms with Gasteiger partial charge in [0.15, 0.2) is 11.6 Å². The maximum Gasteiger partial charge on any atom is 0.194 e. The number of fused-ring (bicyclic) bond motifs is 10. The van der Waals surface area contributed by atoms with Crippen molar-refractivity contribution >= 4 is 70.8 Å². The van der Waals surface area contributed by atoms with Gasteiger partial charge in [0.1, 0.15) is 16.1 Å². The van der Waals surface area contributed by atoms with Gasteiger partial charge in [0, 0.05) is 33.4 Å². The van der Waals surface area contributed by atoms with Crippen LogP contribution in [0.2, 0.25) is 33.2 Å². The van der Waals surface area contributed by atoms with Crippen molar-refractivity contribution in [2.45, 2.75) is 116 Å². The first-order valence-corrected chi connectivity index (χ1v) is 27.3. The number of ketones is 2. The topological polar surface area (TPSA) is 34.1 Å². The molecule has 2 nitrogen and oxygen atoms in total. The summed E-state index contributed by atoms with van der Waals surface area (Å²) in [7, 11) is -4.34. The van der Waals surface area contributed by atoms with Crippen LogP contribution in [0.25, 0.3) is 65.3 Å². The second kappa shape index (κ2) is 15.1. The number of hydrogen-bond donors (Lipinski definition) is 0. The third-order valence-corrected chi connectivity index (χ3v) is 27.8. The van der Waals surface area contributed by atoms with Gasteiger partial charge in [0.25, 0.3) is 0 Å². The van der Waals surface area contributed by atoms with Gasteiger partial charge in [0.2, 0.25) is 0 Å². The van der Waals surface area contributed by atoms with Crippen LogP contribution >= 0.6 is 0 Å². The Bertz CT molecular complexity index is 2950. The van der Waals surface area contributed by atoms with Gasteiger partial charge < -0.3 is 0 Å². The Balaban J connectivity index is 1.47. The quantitative estimate of drug-likeness (QED) is 0.0949. The van der Waals surface area contributed by atoms with E-state index in [1.807, 2.05) is 36.4 Å². The molecule has 0 N–H and O–H groups in total. The average Bonchev–Trinajstić information content (AvgIpc) is 3.66. The summed E-state index contributed by atoms with van der Waals surface area (Å²) < 4.78 is 0. The van der Waals surface area contributed by atoms with E-state index in [0.29, 0.717) is 33.2 Å². The van der Waals surface area contributed by atoms with E-state index >= 15 is 0 Å². The van der Waals surface area contributed by atoms with Crippen LogP contribution in [-0.2, 0) is 0 Å². The number of rotatable bonds is 6. The van der Waals surface area contributed by atoms with Gasteiger partial charge in [0.05, 0.1) is 0 Å². The summed E-state index contributed by atoms with van der Waals surface area (Å²) in [5, 5.41) is 8.57. The van der Waals surface area contributed by atoms with Crippen LogP contribution < -0.4 is 0 Å². The van der Waals surface area contributed by atoms with E-state index in [4.69, 9.17) is 0 Å². The lowest BCUT2D eigenvalue weighted by molar-refractivity contribution is 0.103. The average molecular weight is 843 g/mol. The monoisotopic (exact) mass is 842 g/mol. The minimum Gasteiger partial charge on any atom is -0.289 e. The smallest absolute Gasteiger partial charge is 0.194 e. The zero-order chi connectivity index (χ0) is 44.2. The van der Waals surface area contributed by atoms with Crippen LogP contribution in [0.15, 0.2) is 97.1 Å². The minimum atomic E-state index is -2.17. The fourth-order valence-electron chi connectivity index (χ4n) is 12.2. The number of benzene rings is 7. The third kappa shape index (κ3) is 6.05. The van der Waals surface area contributed by atoms with Crippen LogP contribution in [0.4, 0.5) is 0 Å². The molecule has 0 saturated heterocycles. The molecule has 0 saturated carbocycles. The van der Waals surface area contributed by atoms with Gasteiger partial charge in [-0.15, -0.1) is 11.1 Å². The van der Waals surface area contributed by atoms with Crippen molar-refractivity contribution in [2.24, 2.45) is 0 Å². The summed E-state index contributed by atoms with van der Waals surface area (Å²) in [5.41, 5.74) is 20.1. The second-order valence-corrected chi connectivity index (χ2v) is 31.2. The molecule has 9 rings (SSSR count). The Morgan fingerprint density at radius 3 is 0.871 bits per heavy atom. The first-order chi connectivity index (χ1) is 29.5. The predicted octanol–water partition coefficient (Wildman–Crippen LogP) is 15.9. The molecule has 0 aromatic heterocycles. The van der Waals surface area contributed by atoms with Crippen LogP contribution in [0.5, 0.6) is 0 Å². The van der Waals surface area contributed by atoms with Gasteiger partial charge in [-0.1, -0.05) is 143 Å². The summed E-state index contributed by atoms with van der Waals surface area (Å²) >= 11 is 0. The number of carbonyl (C=O) groups is 2. The van der Waals surface area contributed by atoms with Crippen LogP contribution in [-0.4, -0.2) is 27.7 Å². The molecule has 0 amide bonds. The molecule has 0 heterocycles. The summed E-state index contributed by atoms with van der Waals surface area (Å²) in [4.78, 5) is 27.8. The van der Waals surface area contributed by atoms with Crippen LogP contribution in [0, 0.1) is 22.9 Å². The molecular weight excluding hydrogens is 785 g/mol. The van der Waals surface area contributed by atoms with Crippen LogP contribution in [0.3, 0.4) is 0 Å². The second-order valence-electron chi connectivity index (χ2n) is 20.1. The Hall–Kier alpha value is -5.53. The maximum absolute atomic E-state index is 13.9. The molecule has 7 aromatic carbocycles. The maximum atomic E-state index is 13.9. The van der Waals surface area contributed by atoms with Crippen molar-refractivity contribution in [1.29, 1.82) is 0 Å². The zero-order valence-corrected chi connectivity index (χ0v) is 40.5. The lowest BCUT2D eigenvalue weighted by atomic mass is 9.87. The van der Waals surface area contributed by atoms with Crippen LogP contribution in [0.1, 0.15) is 126 Å². The van der Waals surface area contributed by atoms with Crippen molar-refractivity contribution in [1.82, 2.24) is 0 Å². The Labute approximate surface area is 370 Å². The molecule has 62 heavy (non-hydrogen) atoms. The Kier molecular flexibility index (Phi) is 10.2. The van der Waals surface area contributed by atoms with Gasteiger partial charge >= 0.3 is 0 Å². The summed E-state index contributed by atoms with van der Waals surface area (Å²) in [5.74, 6) is 8.17. The molecule has 7 aromatic rings. The van der Waals surface area contributed by atoms with E-state index in [1.54, 1.807) is 0 Å². The lowest BCUT2D eigenvalue weighted by Gasteiger charge is -2.38. The highest BCUT2D eigenvalue weighted by Crippen LogP contribution is 2.46. The number of hydrogen-bond acceptors (Lipinski definition) is 2. The first-order valence-electron chi connectivity index (χ1n) is 22.8. The third-order valence-electron chi connectivity index (χ3n) is 15.3. The van der Waals surface area contributed by atoms with E-state index in [-0.39, 0.29) is 11.6 Å². The predicted molar refractivity (Wildman–Crippen MR) is 270 cm³/mol. The molecule has 0 aliphatic heterocycles. The van der Waals surface area contributed by atoms with E-state index in [2.05, 4.69) is 167 Å². The standard InChI is InChI=1S/C58H58O2Si2/c1-33(2)61(34(3)4,35(5)6)23-21-45-49-25-39-29-53-43-17-13-15-19-47(43)58(60)56(53)32-42(39)28-52(49)46(22-24-62(36(7)8,37(9)10)38(11)12)50-26-40-30-54-44-18-14-16-20-48(44)57(59)55(54)31-41(40)27-51(45)50/h13-20,25-38H,1-12H3. The van der Waals surface area contributed by atoms with Gasteiger partial charge in [-0.05, 0) is 147 Å². The molecule has 0 unspecified atom stereocenters. The van der Waals surface area contributed by atoms with Gasteiger partial charge in [-0.25, -0.2) is 0 Å². The molecule has 0 radical (unpaired) electrons. The van der Waals surface area contributed by atoms with Gasteiger partial charge in [-0.2, -0.15) is 0 Å². The van der Waals surface area contributed by atoms with E-state index in [0.717, 1.165) is 98.7 Å². The van der Waals surface area contributed by atoms with Crippen molar-refractivity contribution < 1.29 is 9.59 Å². The van der Waals surface area contributed by atoms with Crippen molar-refractivity contribution in [3.8, 4) is 45.2 Å². The molecule has 4 heteroatoms. The molecular formula is C58H58O2Si2. The minimum absolute atomic E-state index is 0.0840. The van der Waals surface area contributed by atoms with Crippen molar-refractivity contribution in [3.05, 3.63) is 130 Å². The van der Waals surface area contributed by atoms with E-state index in [1.165, 1.54) is 0 Å². The molecule has 2 aliphatic carbocycles. The highest BCUT2D eigenvalue weighted by molar-refractivity contribution is 6.91. The Morgan fingerprint density at radius 1 is 0.339 bits per heavy atom. The summed E-state index contributed by atoms with van der Waals surface area (Å²) in [6, 6.07) is 33.9. The highest BCUT2D eigenvalue weighted by Gasteiger charge is 2.43. The SMILES string of the molecule is CC(C)[Si](C#Cc1c2cc3cc4c(cc3cc2c(C#C[Si](C(C)C)(C(C)C)C(C)C)c2cc3cc5c(cc3cc12)-c1ccccc1C5=O)-c1ccccc1C4=O)(C(C)C)C(C)C. The largest absolute Gasteiger partial charge is 0.289 e. The molecule has 0 bridgehead atoms.